The smallest absolute Gasteiger partial charge is 0.411 e. The second-order valence-electron chi connectivity index (χ2n) is 2.85. The molecule has 0 saturated heterocycles. The van der Waals surface area contributed by atoms with E-state index in [2.05, 4.69) is 5.16 Å². The number of oxime groups is 1. The van der Waals surface area contributed by atoms with Gasteiger partial charge >= 0.3 is 6.18 Å². The van der Waals surface area contributed by atoms with Gasteiger partial charge in [0.05, 0.1) is 0 Å². The minimum Gasteiger partial charge on any atom is -0.411 e. The molecule has 0 aliphatic carbocycles. The van der Waals surface area contributed by atoms with Crippen LogP contribution in [0.2, 0.25) is 5.02 Å². The highest BCUT2D eigenvalue weighted by molar-refractivity contribution is 6.30. The predicted octanol–water partition coefficient (Wildman–Crippen LogP) is 3.28. The Kier molecular flexibility index (Phi) is 3.57. The van der Waals surface area contributed by atoms with Crippen LogP contribution in [0.1, 0.15) is 5.56 Å². The monoisotopic (exact) mass is 237 g/mol. The normalized spacial score (nSPS) is 12.9. The molecule has 0 radical (unpaired) electrons. The van der Waals surface area contributed by atoms with Crippen molar-refractivity contribution in [3.05, 3.63) is 34.9 Å². The lowest BCUT2D eigenvalue weighted by Gasteiger charge is -2.08. The third-order valence-electron chi connectivity index (χ3n) is 1.73. The van der Waals surface area contributed by atoms with Crippen LogP contribution >= 0.6 is 11.6 Å². The molecule has 0 aromatic heterocycles. The molecule has 0 heterocycles. The third kappa shape index (κ3) is 3.43. The summed E-state index contributed by atoms with van der Waals surface area (Å²) in [6.45, 7) is 0. The number of benzene rings is 1. The van der Waals surface area contributed by atoms with Crippen LogP contribution in [0.3, 0.4) is 0 Å². The molecule has 15 heavy (non-hydrogen) atoms. The lowest BCUT2D eigenvalue weighted by molar-refractivity contribution is -0.0622. The molecule has 0 saturated carbocycles. The van der Waals surface area contributed by atoms with Gasteiger partial charge in [-0.1, -0.05) is 28.9 Å². The molecule has 1 N–H and O–H groups in total. The Bertz CT molecular complexity index is 359. The van der Waals surface area contributed by atoms with Gasteiger partial charge in [0, 0.05) is 11.4 Å². The number of hydrogen-bond donors (Lipinski definition) is 1. The van der Waals surface area contributed by atoms with Crippen molar-refractivity contribution in [2.45, 2.75) is 12.6 Å². The van der Waals surface area contributed by atoms with Crippen molar-refractivity contribution in [1.29, 1.82) is 0 Å². The Hall–Kier alpha value is -1.23. The van der Waals surface area contributed by atoms with Crippen molar-refractivity contribution in [2.75, 3.05) is 0 Å². The molecule has 2 nitrogen and oxygen atoms in total. The largest absolute Gasteiger partial charge is 0.433 e. The molecule has 1 aromatic rings. The highest BCUT2D eigenvalue weighted by Gasteiger charge is 2.36. The van der Waals surface area contributed by atoms with E-state index in [4.69, 9.17) is 16.8 Å². The maximum atomic E-state index is 12.2. The molecule has 0 unspecified atom stereocenters. The molecule has 0 fully saturated rings. The van der Waals surface area contributed by atoms with Crippen molar-refractivity contribution in [2.24, 2.45) is 5.16 Å². The number of rotatable bonds is 2. The number of hydrogen-bond acceptors (Lipinski definition) is 2. The van der Waals surface area contributed by atoms with E-state index in [-0.39, 0.29) is 0 Å². The van der Waals surface area contributed by atoms with Gasteiger partial charge in [-0.15, -0.1) is 0 Å². The summed E-state index contributed by atoms with van der Waals surface area (Å²) in [6.07, 6.45) is -5.09. The fourth-order valence-corrected chi connectivity index (χ4v) is 1.11. The predicted molar refractivity (Wildman–Crippen MR) is 50.4 cm³/mol. The molecule has 1 aromatic carbocycles. The minimum absolute atomic E-state index is 0.379. The van der Waals surface area contributed by atoms with Gasteiger partial charge in [-0.25, -0.2) is 0 Å². The quantitative estimate of drug-likeness (QED) is 0.478. The third-order valence-corrected chi connectivity index (χ3v) is 1.98. The molecule has 0 atom stereocenters. The standard InChI is InChI=1S/C9H7ClF3NO/c10-7-3-1-6(2-4-7)5-8(14-15)9(11,12)13/h1-4,15H,5H2. The summed E-state index contributed by atoms with van der Waals surface area (Å²) in [5, 5.41) is 10.9. The first-order chi connectivity index (χ1) is 6.93. The van der Waals surface area contributed by atoms with Crippen LogP contribution < -0.4 is 0 Å². The van der Waals surface area contributed by atoms with Crippen LogP contribution in [-0.2, 0) is 6.42 Å². The summed E-state index contributed by atoms with van der Waals surface area (Å²) in [7, 11) is 0. The van der Waals surface area contributed by atoms with Crippen molar-refractivity contribution >= 4 is 17.3 Å². The van der Waals surface area contributed by atoms with E-state index in [0.717, 1.165) is 0 Å². The molecule has 82 valence electrons. The van der Waals surface area contributed by atoms with Gasteiger partial charge in [0.25, 0.3) is 0 Å². The molecule has 1 rings (SSSR count). The Morgan fingerprint density at radius 1 is 1.27 bits per heavy atom. The lowest BCUT2D eigenvalue weighted by Crippen LogP contribution is -2.25. The van der Waals surface area contributed by atoms with E-state index < -0.39 is 18.3 Å². The summed E-state index contributed by atoms with van der Waals surface area (Å²) in [4.78, 5) is 0. The second-order valence-corrected chi connectivity index (χ2v) is 3.28. The summed E-state index contributed by atoms with van der Waals surface area (Å²) < 4.78 is 36.5. The van der Waals surface area contributed by atoms with Crippen LogP contribution in [0.15, 0.2) is 29.4 Å². The van der Waals surface area contributed by atoms with E-state index in [1.807, 2.05) is 0 Å². The SMILES string of the molecule is ON=C(Cc1ccc(Cl)cc1)C(F)(F)F. The maximum Gasteiger partial charge on any atom is 0.433 e. The summed E-state index contributed by atoms with van der Waals surface area (Å²) in [5.41, 5.74) is -0.852. The van der Waals surface area contributed by atoms with Gasteiger partial charge in [-0.3, -0.25) is 0 Å². The average Bonchev–Trinajstić information content (AvgIpc) is 2.15. The van der Waals surface area contributed by atoms with E-state index >= 15 is 0 Å². The minimum atomic E-state index is -4.62. The number of halogens is 4. The van der Waals surface area contributed by atoms with E-state index in [1.165, 1.54) is 24.3 Å². The highest BCUT2D eigenvalue weighted by Crippen LogP contribution is 2.20. The van der Waals surface area contributed by atoms with Crippen molar-refractivity contribution in [3.8, 4) is 0 Å². The van der Waals surface area contributed by atoms with Gasteiger partial charge in [0.1, 0.15) is 0 Å². The van der Waals surface area contributed by atoms with Crippen LogP contribution in [0, 0.1) is 0 Å². The Morgan fingerprint density at radius 3 is 2.20 bits per heavy atom. The average molecular weight is 238 g/mol. The Balaban J connectivity index is 2.81. The molecular formula is C9H7ClF3NO. The topological polar surface area (TPSA) is 32.6 Å². The zero-order valence-electron chi connectivity index (χ0n) is 7.42. The summed E-state index contributed by atoms with van der Waals surface area (Å²) >= 11 is 5.57. The zero-order valence-corrected chi connectivity index (χ0v) is 8.18. The van der Waals surface area contributed by atoms with Crippen molar-refractivity contribution in [3.63, 3.8) is 0 Å². The Morgan fingerprint density at radius 2 is 1.80 bits per heavy atom. The van der Waals surface area contributed by atoms with Crippen molar-refractivity contribution < 1.29 is 18.4 Å². The van der Waals surface area contributed by atoms with Gasteiger partial charge in [0.15, 0.2) is 5.71 Å². The molecule has 6 heteroatoms. The van der Waals surface area contributed by atoms with Gasteiger partial charge in [0.2, 0.25) is 0 Å². The van der Waals surface area contributed by atoms with Gasteiger partial charge in [-0.2, -0.15) is 13.2 Å². The van der Waals surface area contributed by atoms with Crippen molar-refractivity contribution in [1.82, 2.24) is 0 Å². The second kappa shape index (κ2) is 4.53. The molecule has 0 aliphatic heterocycles. The van der Waals surface area contributed by atoms with Gasteiger partial charge in [-0.05, 0) is 17.7 Å². The number of alkyl halides is 3. The first-order valence-electron chi connectivity index (χ1n) is 3.96. The number of nitrogens with zero attached hydrogens (tertiary/aromatic N) is 1. The molecular weight excluding hydrogens is 231 g/mol. The van der Waals surface area contributed by atoms with Crippen LogP contribution in [0.4, 0.5) is 13.2 Å². The van der Waals surface area contributed by atoms with Gasteiger partial charge < -0.3 is 5.21 Å². The van der Waals surface area contributed by atoms with E-state index in [1.54, 1.807) is 0 Å². The van der Waals surface area contributed by atoms with E-state index in [0.29, 0.717) is 10.6 Å². The lowest BCUT2D eigenvalue weighted by atomic mass is 10.1. The first-order valence-corrected chi connectivity index (χ1v) is 4.34. The molecule has 0 bridgehead atoms. The maximum absolute atomic E-state index is 12.2. The van der Waals surface area contributed by atoms with Crippen LogP contribution in [0.25, 0.3) is 0 Å². The fraction of sp³-hybridized carbons (Fsp3) is 0.222. The highest BCUT2D eigenvalue weighted by atomic mass is 35.5. The first kappa shape index (κ1) is 11.8. The van der Waals surface area contributed by atoms with Crippen LogP contribution in [-0.4, -0.2) is 17.1 Å². The summed E-state index contributed by atoms with van der Waals surface area (Å²) in [5.74, 6) is 0. The molecule has 0 spiro atoms. The van der Waals surface area contributed by atoms with E-state index in [9.17, 15) is 13.2 Å². The Labute approximate surface area is 89.0 Å². The zero-order chi connectivity index (χ0) is 11.5. The molecule has 0 amide bonds. The van der Waals surface area contributed by atoms with Crippen LogP contribution in [0.5, 0.6) is 0 Å². The molecule has 0 aliphatic rings. The fourth-order valence-electron chi connectivity index (χ4n) is 0.988. The summed E-state index contributed by atoms with van der Waals surface area (Å²) in [6, 6.07) is 5.84.